The van der Waals surface area contributed by atoms with Crippen LogP contribution in [0.25, 0.3) is 0 Å². The molecule has 0 radical (unpaired) electrons. The van der Waals surface area contributed by atoms with Crippen LogP contribution >= 0.6 is 15.9 Å². The summed E-state index contributed by atoms with van der Waals surface area (Å²) in [5.74, 6) is -0.365. The minimum absolute atomic E-state index is 0.156. The van der Waals surface area contributed by atoms with Gasteiger partial charge in [-0.3, -0.25) is 9.59 Å². The van der Waals surface area contributed by atoms with Gasteiger partial charge in [-0.25, -0.2) is 0 Å². The van der Waals surface area contributed by atoms with Gasteiger partial charge in [0.2, 0.25) is 11.8 Å². The molecule has 0 atom stereocenters. The van der Waals surface area contributed by atoms with Crippen molar-refractivity contribution in [3.63, 3.8) is 0 Å². The van der Waals surface area contributed by atoms with Crippen molar-refractivity contribution in [2.24, 2.45) is 0 Å². The predicted octanol–water partition coefficient (Wildman–Crippen LogP) is 3.70. The molecule has 24 heavy (non-hydrogen) atoms. The van der Waals surface area contributed by atoms with Crippen LogP contribution < -0.4 is 10.2 Å². The van der Waals surface area contributed by atoms with E-state index in [1.165, 1.54) is 11.8 Å². The molecule has 2 amide bonds. The molecule has 0 aliphatic heterocycles. The average Bonchev–Trinajstić information content (AvgIpc) is 2.55. The first-order chi connectivity index (χ1) is 11.5. The predicted molar refractivity (Wildman–Crippen MR) is 96.6 cm³/mol. The molecule has 0 spiro atoms. The summed E-state index contributed by atoms with van der Waals surface area (Å²) in [5.41, 5.74) is 1.77. The van der Waals surface area contributed by atoms with Crippen LogP contribution in [0.2, 0.25) is 0 Å². The fourth-order valence-electron chi connectivity index (χ4n) is 2.21. The molecule has 0 heterocycles. The third-order valence-electron chi connectivity index (χ3n) is 3.34. The Labute approximate surface area is 149 Å². The van der Waals surface area contributed by atoms with Crippen molar-refractivity contribution in [2.75, 3.05) is 16.8 Å². The average molecular weight is 386 g/mol. The normalized spacial score (nSPS) is 9.88. The standard InChI is InChI=1S/C18H16BrN3O2/c1-13(23)22(17-7-2-4-14(10-17)12-20)9-8-18(24)21-16-6-3-5-15(19)11-16/h2-7,10-11H,8-9H2,1H3,(H,21,24). The topological polar surface area (TPSA) is 73.2 Å². The zero-order valence-electron chi connectivity index (χ0n) is 13.1. The first-order valence-corrected chi connectivity index (χ1v) is 8.12. The lowest BCUT2D eigenvalue weighted by molar-refractivity contribution is -0.117. The molecule has 6 heteroatoms. The maximum Gasteiger partial charge on any atom is 0.226 e. The summed E-state index contributed by atoms with van der Waals surface area (Å²) in [4.78, 5) is 25.4. The van der Waals surface area contributed by atoms with Gasteiger partial charge in [0.25, 0.3) is 0 Å². The number of carbonyl (C=O) groups excluding carboxylic acids is 2. The van der Waals surface area contributed by atoms with Crippen LogP contribution in [0.3, 0.4) is 0 Å². The second-order valence-electron chi connectivity index (χ2n) is 5.14. The number of halogens is 1. The van der Waals surface area contributed by atoms with E-state index in [9.17, 15) is 9.59 Å². The molecule has 0 bridgehead atoms. The zero-order valence-corrected chi connectivity index (χ0v) is 14.7. The van der Waals surface area contributed by atoms with Gasteiger partial charge in [-0.1, -0.05) is 28.1 Å². The largest absolute Gasteiger partial charge is 0.326 e. The highest BCUT2D eigenvalue weighted by Crippen LogP contribution is 2.18. The van der Waals surface area contributed by atoms with Crippen molar-refractivity contribution in [3.8, 4) is 6.07 Å². The van der Waals surface area contributed by atoms with E-state index < -0.39 is 0 Å². The lowest BCUT2D eigenvalue weighted by Crippen LogP contribution is -2.32. The molecule has 0 aliphatic carbocycles. The van der Waals surface area contributed by atoms with Gasteiger partial charge in [-0.15, -0.1) is 0 Å². The van der Waals surface area contributed by atoms with E-state index in [2.05, 4.69) is 21.2 Å². The van der Waals surface area contributed by atoms with Crippen LogP contribution in [0.4, 0.5) is 11.4 Å². The summed E-state index contributed by atoms with van der Waals surface area (Å²) in [6, 6.07) is 16.1. The van der Waals surface area contributed by atoms with Gasteiger partial charge in [0.15, 0.2) is 0 Å². The van der Waals surface area contributed by atoms with E-state index in [0.717, 1.165) is 4.47 Å². The number of benzene rings is 2. The van der Waals surface area contributed by atoms with Gasteiger partial charge in [-0.05, 0) is 36.4 Å². The third-order valence-corrected chi connectivity index (χ3v) is 3.83. The van der Waals surface area contributed by atoms with Crippen LogP contribution in [0.1, 0.15) is 18.9 Å². The number of amides is 2. The molecule has 0 fully saturated rings. The number of nitrogens with one attached hydrogen (secondary N) is 1. The summed E-state index contributed by atoms with van der Waals surface area (Å²) >= 11 is 3.35. The lowest BCUT2D eigenvalue weighted by atomic mass is 10.2. The third kappa shape index (κ3) is 4.93. The van der Waals surface area contributed by atoms with Crippen molar-refractivity contribution in [1.29, 1.82) is 5.26 Å². The van der Waals surface area contributed by atoms with Gasteiger partial charge in [-0.2, -0.15) is 5.26 Å². The Kier molecular flexibility index (Phi) is 6.10. The van der Waals surface area contributed by atoms with Crippen LogP contribution in [0.5, 0.6) is 0 Å². The molecule has 0 saturated heterocycles. The SMILES string of the molecule is CC(=O)N(CCC(=O)Nc1cccc(Br)c1)c1cccc(C#N)c1. The second-order valence-corrected chi connectivity index (χ2v) is 6.06. The van der Waals surface area contributed by atoms with Crippen molar-refractivity contribution >= 4 is 39.1 Å². The molecule has 2 aromatic rings. The first kappa shape index (κ1) is 17.7. The van der Waals surface area contributed by atoms with Gasteiger partial charge < -0.3 is 10.2 Å². The number of carbonyl (C=O) groups is 2. The monoisotopic (exact) mass is 385 g/mol. The Morgan fingerprint density at radius 2 is 1.96 bits per heavy atom. The van der Waals surface area contributed by atoms with Crippen LogP contribution in [0.15, 0.2) is 53.0 Å². The van der Waals surface area contributed by atoms with Gasteiger partial charge >= 0.3 is 0 Å². The summed E-state index contributed by atoms with van der Waals surface area (Å²) < 4.78 is 0.874. The summed E-state index contributed by atoms with van der Waals surface area (Å²) in [5, 5.41) is 11.8. The van der Waals surface area contributed by atoms with Crippen molar-refractivity contribution < 1.29 is 9.59 Å². The molecule has 2 aromatic carbocycles. The summed E-state index contributed by atoms with van der Waals surface area (Å²) in [7, 11) is 0. The Morgan fingerprint density at radius 1 is 1.21 bits per heavy atom. The van der Waals surface area contributed by atoms with Crippen molar-refractivity contribution in [1.82, 2.24) is 0 Å². The highest BCUT2D eigenvalue weighted by atomic mass is 79.9. The lowest BCUT2D eigenvalue weighted by Gasteiger charge is -2.21. The Bertz CT molecular complexity index is 799. The van der Waals surface area contributed by atoms with Gasteiger partial charge in [0.1, 0.15) is 0 Å². The fraction of sp³-hybridized carbons (Fsp3) is 0.167. The van der Waals surface area contributed by atoms with Crippen molar-refractivity contribution in [3.05, 3.63) is 58.6 Å². The number of hydrogen-bond donors (Lipinski definition) is 1. The minimum Gasteiger partial charge on any atom is -0.326 e. The van der Waals surface area contributed by atoms with E-state index in [0.29, 0.717) is 16.9 Å². The molecule has 0 unspecified atom stereocenters. The van der Waals surface area contributed by atoms with E-state index in [-0.39, 0.29) is 24.8 Å². The Morgan fingerprint density at radius 3 is 2.62 bits per heavy atom. The van der Waals surface area contributed by atoms with Crippen molar-refractivity contribution in [2.45, 2.75) is 13.3 Å². The molecule has 2 rings (SSSR count). The zero-order chi connectivity index (χ0) is 17.5. The maximum absolute atomic E-state index is 12.1. The van der Waals surface area contributed by atoms with Crippen LogP contribution in [-0.2, 0) is 9.59 Å². The molecule has 0 saturated carbocycles. The smallest absolute Gasteiger partial charge is 0.226 e. The highest BCUT2D eigenvalue weighted by Gasteiger charge is 2.14. The fourth-order valence-corrected chi connectivity index (χ4v) is 2.61. The number of rotatable bonds is 5. The maximum atomic E-state index is 12.1. The first-order valence-electron chi connectivity index (χ1n) is 7.33. The van der Waals surface area contributed by atoms with E-state index in [1.54, 1.807) is 36.4 Å². The quantitative estimate of drug-likeness (QED) is 0.852. The molecule has 0 aromatic heterocycles. The Balaban J connectivity index is 2.02. The molecule has 122 valence electrons. The summed E-state index contributed by atoms with van der Waals surface area (Å²) in [6.45, 7) is 1.68. The molecule has 1 N–H and O–H groups in total. The number of anilines is 2. The highest BCUT2D eigenvalue weighted by molar-refractivity contribution is 9.10. The summed E-state index contributed by atoms with van der Waals surface area (Å²) in [6.07, 6.45) is 0.156. The van der Waals surface area contributed by atoms with Gasteiger partial charge in [0.05, 0.1) is 11.6 Å². The molecule has 5 nitrogen and oxygen atoms in total. The van der Waals surface area contributed by atoms with E-state index in [1.807, 2.05) is 18.2 Å². The Hall–Kier alpha value is -2.65. The van der Waals surface area contributed by atoms with E-state index in [4.69, 9.17) is 5.26 Å². The van der Waals surface area contributed by atoms with Crippen LogP contribution in [-0.4, -0.2) is 18.4 Å². The van der Waals surface area contributed by atoms with E-state index >= 15 is 0 Å². The number of nitriles is 1. The number of hydrogen-bond acceptors (Lipinski definition) is 3. The van der Waals surface area contributed by atoms with Crippen LogP contribution in [0, 0.1) is 11.3 Å². The number of nitrogens with zero attached hydrogens (tertiary/aromatic N) is 2. The van der Waals surface area contributed by atoms with Gasteiger partial charge in [0, 0.05) is 35.7 Å². The molecular weight excluding hydrogens is 370 g/mol. The molecular formula is C18H16BrN3O2. The second kappa shape index (κ2) is 8.27. The minimum atomic E-state index is -0.184. The molecule has 0 aliphatic rings.